The molecule has 2 amide bonds. The summed E-state index contributed by atoms with van der Waals surface area (Å²) in [6, 6.07) is 3.95. The van der Waals surface area contributed by atoms with Crippen LogP contribution < -0.4 is 10.2 Å². The quantitative estimate of drug-likeness (QED) is 0.865. The van der Waals surface area contributed by atoms with Crippen LogP contribution in [0.4, 0.5) is 14.9 Å². The summed E-state index contributed by atoms with van der Waals surface area (Å²) in [7, 11) is 5.40. The third-order valence-corrected chi connectivity index (χ3v) is 3.24. The monoisotopic (exact) mass is 301 g/mol. The van der Waals surface area contributed by atoms with E-state index < -0.39 is 5.82 Å². The van der Waals surface area contributed by atoms with Gasteiger partial charge in [0.15, 0.2) is 0 Å². The van der Waals surface area contributed by atoms with Gasteiger partial charge < -0.3 is 10.2 Å². The van der Waals surface area contributed by atoms with Crippen LogP contribution in [0, 0.1) is 5.82 Å². The summed E-state index contributed by atoms with van der Waals surface area (Å²) in [4.78, 5) is 15.3. The number of hydrogen-bond donors (Lipinski definition) is 1. The van der Waals surface area contributed by atoms with E-state index in [9.17, 15) is 9.18 Å². The second-order valence-corrected chi connectivity index (χ2v) is 5.04. The smallest absolute Gasteiger partial charge is 0.324 e. The van der Waals surface area contributed by atoms with Gasteiger partial charge in [0.05, 0.1) is 10.7 Å². The van der Waals surface area contributed by atoms with Gasteiger partial charge in [-0.1, -0.05) is 11.6 Å². The Bertz CT molecular complexity index is 450. The molecule has 1 heterocycles. The fraction of sp³-hybridized carbons (Fsp3) is 0.500. The van der Waals surface area contributed by atoms with Gasteiger partial charge >= 0.3 is 6.03 Å². The van der Waals surface area contributed by atoms with Gasteiger partial charge in [-0.15, -0.1) is 0 Å². The Balaban J connectivity index is 0.000000612. The molecular formula is C14H21ClFN3O. The number of urea groups is 1. The van der Waals surface area contributed by atoms with Crippen molar-refractivity contribution in [2.24, 2.45) is 0 Å². The first kappa shape index (κ1) is 16.7. The third kappa shape index (κ3) is 4.35. The zero-order chi connectivity index (χ0) is 15.1. The van der Waals surface area contributed by atoms with Crippen LogP contribution in [0.25, 0.3) is 0 Å². The Hall–Kier alpha value is -1.33. The van der Waals surface area contributed by atoms with Crippen LogP contribution in [0.15, 0.2) is 18.2 Å². The highest BCUT2D eigenvalue weighted by Gasteiger charge is 2.23. The number of anilines is 1. The standard InChI is InChI=1S/C12H14ClFN2O.C2H7N/c1-15(12(17)16-6-2-3-7-16)11-5-4-9(14)8-10(11)13;1-3-2/h4-5,8H,2-3,6-7H2,1H3;3H,1-2H3. The number of amides is 2. The number of likely N-dealkylation sites (tertiary alicyclic amines) is 1. The van der Waals surface area contributed by atoms with Gasteiger partial charge in [-0.3, -0.25) is 4.90 Å². The van der Waals surface area contributed by atoms with E-state index in [1.165, 1.54) is 23.1 Å². The van der Waals surface area contributed by atoms with E-state index in [1.54, 1.807) is 11.9 Å². The molecule has 1 aromatic carbocycles. The molecular weight excluding hydrogens is 281 g/mol. The molecule has 0 aliphatic carbocycles. The predicted molar refractivity (Wildman–Crippen MR) is 81.0 cm³/mol. The Labute approximate surface area is 124 Å². The number of hydrogen-bond acceptors (Lipinski definition) is 2. The minimum atomic E-state index is -0.402. The van der Waals surface area contributed by atoms with Gasteiger partial charge in [-0.25, -0.2) is 9.18 Å². The summed E-state index contributed by atoms with van der Waals surface area (Å²) in [5.41, 5.74) is 0.532. The van der Waals surface area contributed by atoms with Crippen LogP contribution in [-0.4, -0.2) is 45.2 Å². The summed E-state index contributed by atoms with van der Waals surface area (Å²) in [6.07, 6.45) is 2.08. The van der Waals surface area contributed by atoms with E-state index in [0.717, 1.165) is 25.9 Å². The number of nitrogens with one attached hydrogen (secondary N) is 1. The summed E-state index contributed by atoms with van der Waals surface area (Å²) in [5, 5.41) is 3.00. The first-order chi connectivity index (χ1) is 9.51. The molecule has 0 atom stereocenters. The van der Waals surface area contributed by atoms with Gasteiger partial charge in [0, 0.05) is 20.1 Å². The lowest BCUT2D eigenvalue weighted by atomic mass is 10.3. The van der Waals surface area contributed by atoms with Crippen molar-refractivity contribution >= 4 is 23.3 Å². The summed E-state index contributed by atoms with van der Waals surface area (Å²) in [6.45, 7) is 1.56. The van der Waals surface area contributed by atoms with Crippen molar-refractivity contribution in [2.45, 2.75) is 12.8 Å². The molecule has 2 rings (SSSR count). The molecule has 20 heavy (non-hydrogen) atoms. The minimum absolute atomic E-state index is 0.0870. The number of benzene rings is 1. The molecule has 4 nitrogen and oxygen atoms in total. The summed E-state index contributed by atoms with van der Waals surface area (Å²) in [5.74, 6) is -0.402. The van der Waals surface area contributed by atoms with E-state index >= 15 is 0 Å². The molecule has 0 saturated carbocycles. The van der Waals surface area contributed by atoms with Gasteiger partial charge in [0.25, 0.3) is 0 Å². The lowest BCUT2D eigenvalue weighted by Gasteiger charge is -2.25. The number of carbonyl (C=O) groups is 1. The number of halogens is 2. The van der Waals surface area contributed by atoms with Gasteiger partial charge in [0.2, 0.25) is 0 Å². The van der Waals surface area contributed by atoms with Crippen molar-refractivity contribution in [1.29, 1.82) is 0 Å². The van der Waals surface area contributed by atoms with Crippen LogP contribution in [0.5, 0.6) is 0 Å². The number of carbonyl (C=O) groups excluding carboxylic acids is 1. The normalized spacial score (nSPS) is 13.8. The Morgan fingerprint density at radius 1 is 1.35 bits per heavy atom. The summed E-state index contributed by atoms with van der Waals surface area (Å²) < 4.78 is 12.9. The van der Waals surface area contributed by atoms with Crippen molar-refractivity contribution in [3.05, 3.63) is 29.0 Å². The minimum Gasteiger partial charge on any atom is -0.324 e. The second-order valence-electron chi connectivity index (χ2n) is 4.63. The van der Waals surface area contributed by atoms with Gasteiger partial charge in [-0.2, -0.15) is 0 Å². The molecule has 0 radical (unpaired) electrons. The fourth-order valence-corrected chi connectivity index (χ4v) is 2.27. The molecule has 0 aromatic heterocycles. The maximum absolute atomic E-state index is 12.9. The highest BCUT2D eigenvalue weighted by molar-refractivity contribution is 6.33. The van der Waals surface area contributed by atoms with E-state index in [2.05, 4.69) is 5.32 Å². The van der Waals surface area contributed by atoms with Crippen molar-refractivity contribution in [1.82, 2.24) is 10.2 Å². The Morgan fingerprint density at radius 2 is 1.90 bits per heavy atom. The topological polar surface area (TPSA) is 35.6 Å². The first-order valence-electron chi connectivity index (χ1n) is 6.57. The zero-order valence-corrected chi connectivity index (χ0v) is 12.9. The van der Waals surface area contributed by atoms with Crippen LogP contribution in [0.1, 0.15) is 12.8 Å². The van der Waals surface area contributed by atoms with Gasteiger partial charge in [-0.05, 0) is 45.1 Å². The Kier molecular flexibility index (Phi) is 6.75. The van der Waals surface area contributed by atoms with Crippen LogP contribution in [-0.2, 0) is 0 Å². The molecule has 0 unspecified atom stereocenters. The summed E-state index contributed by atoms with van der Waals surface area (Å²) >= 11 is 5.92. The first-order valence-corrected chi connectivity index (χ1v) is 6.95. The lowest BCUT2D eigenvalue weighted by Crippen LogP contribution is -2.39. The molecule has 1 saturated heterocycles. The van der Waals surface area contributed by atoms with E-state index in [-0.39, 0.29) is 11.1 Å². The zero-order valence-electron chi connectivity index (χ0n) is 12.1. The number of rotatable bonds is 1. The molecule has 0 spiro atoms. The molecule has 1 aliphatic heterocycles. The third-order valence-electron chi connectivity index (χ3n) is 2.93. The van der Waals surface area contributed by atoms with Crippen molar-refractivity contribution in [3.8, 4) is 0 Å². The molecule has 1 fully saturated rings. The molecule has 6 heteroatoms. The average Bonchev–Trinajstić information content (AvgIpc) is 2.92. The molecule has 0 bridgehead atoms. The highest BCUT2D eigenvalue weighted by atomic mass is 35.5. The molecule has 1 aromatic rings. The molecule has 1 aliphatic rings. The lowest BCUT2D eigenvalue weighted by molar-refractivity contribution is 0.217. The Morgan fingerprint density at radius 3 is 2.40 bits per heavy atom. The maximum Gasteiger partial charge on any atom is 0.324 e. The van der Waals surface area contributed by atoms with Crippen molar-refractivity contribution in [2.75, 3.05) is 39.1 Å². The van der Waals surface area contributed by atoms with Crippen LogP contribution in [0.2, 0.25) is 5.02 Å². The SMILES string of the molecule is CN(C(=O)N1CCCC1)c1ccc(F)cc1Cl.CNC. The maximum atomic E-state index is 12.9. The predicted octanol–water partition coefficient (Wildman–Crippen LogP) is 2.97. The van der Waals surface area contributed by atoms with Crippen molar-refractivity contribution < 1.29 is 9.18 Å². The van der Waals surface area contributed by atoms with Gasteiger partial charge in [0.1, 0.15) is 5.82 Å². The van der Waals surface area contributed by atoms with E-state index in [4.69, 9.17) is 11.6 Å². The van der Waals surface area contributed by atoms with Crippen LogP contribution in [0.3, 0.4) is 0 Å². The number of nitrogens with zero attached hydrogens (tertiary/aromatic N) is 2. The second kappa shape index (κ2) is 8.07. The average molecular weight is 302 g/mol. The fourth-order valence-electron chi connectivity index (χ4n) is 1.98. The van der Waals surface area contributed by atoms with E-state index in [0.29, 0.717) is 5.69 Å². The molecule has 112 valence electrons. The highest BCUT2D eigenvalue weighted by Crippen LogP contribution is 2.26. The van der Waals surface area contributed by atoms with E-state index in [1.807, 2.05) is 14.1 Å². The molecule has 1 N–H and O–H groups in total. The van der Waals surface area contributed by atoms with Crippen LogP contribution >= 0.6 is 11.6 Å². The van der Waals surface area contributed by atoms with Crippen molar-refractivity contribution in [3.63, 3.8) is 0 Å². The largest absolute Gasteiger partial charge is 0.324 e.